The number of hydrogen-bond donors (Lipinski definition) is 0. The lowest BCUT2D eigenvalue weighted by Gasteiger charge is -2.13. The molecule has 1 aliphatic rings. The van der Waals surface area contributed by atoms with Crippen LogP contribution in [0.1, 0.15) is 30.7 Å². The number of halogens is 4. The van der Waals surface area contributed by atoms with E-state index in [1.54, 1.807) is 0 Å². The Bertz CT molecular complexity index is 381. The van der Waals surface area contributed by atoms with Crippen molar-refractivity contribution in [1.82, 2.24) is 0 Å². The maximum absolute atomic E-state index is 13.6. The van der Waals surface area contributed by atoms with Crippen molar-refractivity contribution in [2.45, 2.75) is 30.0 Å². The molecule has 0 nitrogen and oxygen atoms in total. The zero-order chi connectivity index (χ0) is 11.0. The molecule has 1 aromatic carbocycles. The smallest absolute Gasteiger partial charge is 0.163 e. The largest absolute Gasteiger partial charge is 0.204 e. The maximum atomic E-state index is 13.6. The van der Waals surface area contributed by atoms with Gasteiger partial charge in [-0.3, -0.25) is 0 Å². The summed E-state index contributed by atoms with van der Waals surface area (Å²) in [5, 5.41) is 0.334. The zero-order valence-electron chi connectivity index (χ0n) is 7.94. The highest BCUT2D eigenvalue weighted by Crippen LogP contribution is 2.42. The zero-order valence-corrected chi connectivity index (χ0v) is 10.3. The molecule has 0 spiro atoms. The van der Waals surface area contributed by atoms with Gasteiger partial charge >= 0.3 is 0 Å². The first kappa shape index (κ1) is 11.3. The lowest BCUT2D eigenvalue weighted by atomic mass is 9.97. The molecule has 2 unspecified atom stereocenters. The summed E-state index contributed by atoms with van der Waals surface area (Å²) < 4.78 is 26.6. The Morgan fingerprint density at radius 1 is 1.27 bits per heavy atom. The van der Waals surface area contributed by atoms with Crippen molar-refractivity contribution in [3.63, 3.8) is 0 Å². The molecule has 15 heavy (non-hydrogen) atoms. The molecule has 1 aliphatic carbocycles. The highest BCUT2D eigenvalue weighted by Gasteiger charge is 2.28. The Kier molecular flexibility index (Phi) is 3.31. The van der Waals surface area contributed by atoms with Gasteiger partial charge in [-0.05, 0) is 37.3 Å². The van der Waals surface area contributed by atoms with Crippen LogP contribution >= 0.6 is 27.5 Å². The molecule has 0 saturated heterocycles. The number of hydrogen-bond acceptors (Lipinski definition) is 0. The van der Waals surface area contributed by atoms with Crippen LogP contribution < -0.4 is 0 Å². The molecule has 1 saturated carbocycles. The molecule has 82 valence electrons. The van der Waals surface area contributed by atoms with E-state index in [9.17, 15) is 8.78 Å². The van der Waals surface area contributed by atoms with E-state index in [1.165, 1.54) is 6.07 Å². The summed E-state index contributed by atoms with van der Waals surface area (Å²) in [7, 11) is 0. The second kappa shape index (κ2) is 4.38. The summed E-state index contributed by atoms with van der Waals surface area (Å²) >= 11 is 9.39. The van der Waals surface area contributed by atoms with Crippen LogP contribution in [0.4, 0.5) is 8.78 Å². The van der Waals surface area contributed by atoms with Crippen LogP contribution in [0.5, 0.6) is 0 Å². The molecule has 0 aliphatic heterocycles. The third-order valence-electron chi connectivity index (χ3n) is 2.86. The minimum absolute atomic E-state index is 0.0394. The first-order valence-corrected chi connectivity index (χ1v) is 6.16. The van der Waals surface area contributed by atoms with Crippen LogP contribution in [0.3, 0.4) is 0 Å². The Hall–Kier alpha value is -0.150. The van der Waals surface area contributed by atoms with Gasteiger partial charge in [0.2, 0.25) is 0 Å². The fourth-order valence-electron chi connectivity index (χ4n) is 2.11. The quantitative estimate of drug-likeness (QED) is 0.522. The Balaban J connectivity index is 2.39. The van der Waals surface area contributed by atoms with E-state index in [0.29, 0.717) is 15.4 Å². The minimum Gasteiger partial charge on any atom is -0.204 e. The molecule has 0 radical (unpaired) electrons. The first-order chi connectivity index (χ1) is 7.09. The maximum Gasteiger partial charge on any atom is 0.163 e. The van der Waals surface area contributed by atoms with Gasteiger partial charge in [-0.1, -0.05) is 27.5 Å². The predicted octanol–water partition coefficient (Wildman–Crippen LogP) is 4.65. The second-order valence-corrected chi connectivity index (χ2v) is 5.57. The first-order valence-electron chi connectivity index (χ1n) is 4.87. The van der Waals surface area contributed by atoms with Crippen LogP contribution in [0.25, 0.3) is 0 Å². The van der Waals surface area contributed by atoms with Gasteiger partial charge in [0.05, 0.1) is 0 Å². The van der Waals surface area contributed by atoms with E-state index >= 15 is 0 Å². The Morgan fingerprint density at radius 3 is 2.60 bits per heavy atom. The lowest BCUT2D eigenvalue weighted by Crippen LogP contribution is -2.01. The van der Waals surface area contributed by atoms with Gasteiger partial charge in [-0.25, -0.2) is 8.78 Å². The standard InChI is InChI=1S/C11H10BrClF2/c12-7-2-1-6(5-7)10-8(13)3-4-9(14)11(10)15/h3-4,6-7H,1-2,5H2. The summed E-state index contributed by atoms with van der Waals surface area (Å²) in [6, 6.07) is 2.50. The minimum atomic E-state index is -0.813. The average Bonchev–Trinajstić information content (AvgIpc) is 2.59. The molecular weight excluding hydrogens is 285 g/mol. The fraction of sp³-hybridized carbons (Fsp3) is 0.455. The number of alkyl halides is 1. The van der Waals surface area contributed by atoms with E-state index < -0.39 is 11.6 Å². The Labute approximate surface area is 101 Å². The van der Waals surface area contributed by atoms with Crippen molar-refractivity contribution in [1.29, 1.82) is 0 Å². The number of rotatable bonds is 1. The van der Waals surface area contributed by atoms with Gasteiger partial charge < -0.3 is 0 Å². The van der Waals surface area contributed by atoms with Crippen LogP contribution in [0, 0.1) is 11.6 Å². The summed E-state index contributed by atoms with van der Waals surface area (Å²) in [5.74, 6) is -1.56. The van der Waals surface area contributed by atoms with Gasteiger partial charge in [0.15, 0.2) is 11.6 Å². The molecule has 0 bridgehead atoms. The topological polar surface area (TPSA) is 0 Å². The van der Waals surface area contributed by atoms with E-state index in [4.69, 9.17) is 11.6 Å². The van der Waals surface area contributed by atoms with Crippen molar-refractivity contribution >= 4 is 27.5 Å². The third-order valence-corrected chi connectivity index (χ3v) is 4.02. The molecular formula is C11H10BrClF2. The summed E-state index contributed by atoms with van der Waals surface area (Å²) in [4.78, 5) is 0.390. The van der Waals surface area contributed by atoms with Crippen LogP contribution in [-0.2, 0) is 0 Å². The van der Waals surface area contributed by atoms with E-state index in [-0.39, 0.29) is 5.92 Å². The molecule has 1 aromatic rings. The van der Waals surface area contributed by atoms with E-state index in [2.05, 4.69) is 15.9 Å². The molecule has 4 heteroatoms. The average molecular weight is 296 g/mol. The molecule has 0 aromatic heterocycles. The molecule has 2 atom stereocenters. The summed E-state index contributed by atoms with van der Waals surface area (Å²) in [5.41, 5.74) is 0.346. The van der Waals surface area contributed by atoms with Gasteiger partial charge in [-0.2, -0.15) is 0 Å². The van der Waals surface area contributed by atoms with Gasteiger partial charge in [-0.15, -0.1) is 0 Å². The van der Waals surface area contributed by atoms with Crippen molar-refractivity contribution in [2.75, 3.05) is 0 Å². The Morgan fingerprint density at radius 2 is 2.00 bits per heavy atom. The second-order valence-electron chi connectivity index (χ2n) is 3.86. The number of benzene rings is 1. The van der Waals surface area contributed by atoms with E-state index in [1.807, 2.05) is 0 Å². The van der Waals surface area contributed by atoms with E-state index in [0.717, 1.165) is 25.3 Å². The molecule has 1 fully saturated rings. The highest BCUT2D eigenvalue weighted by molar-refractivity contribution is 9.09. The SMILES string of the molecule is Fc1ccc(Cl)c(C2CCC(Br)C2)c1F. The van der Waals surface area contributed by atoms with Crippen LogP contribution in [0.2, 0.25) is 5.02 Å². The van der Waals surface area contributed by atoms with Crippen molar-refractivity contribution < 1.29 is 8.78 Å². The molecule has 2 rings (SSSR count). The van der Waals surface area contributed by atoms with Gasteiger partial charge in [0, 0.05) is 15.4 Å². The van der Waals surface area contributed by atoms with Crippen molar-refractivity contribution in [3.05, 3.63) is 34.4 Å². The predicted molar refractivity (Wildman–Crippen MR) is 60.7 cm³/mol. The van der Waals surface area contributed by atoms with Crippen LogP contribution in [-0.4, -0.2) is 4.83 Å². The summed E-state index contributed by atoms with van der Waals surface area (Å²) in [6.07, 6.45) is 2.66. The fourth-order valence-corrected chi connectivity index (χ4v) is 3.12. The van der Waals surface area contributed by atoms with Crippen molar-refractivity contribution in [3.8, 4) is 0 Å². The lowest BCUT2D eigenvalue weighted by molar-refractivity contribution is 0.488. The third kappa shape index (κ3) is 2.18. The van der Waals surface area contributed by atoms with Crippen LogP contribution in [0.15, 0.2) is 12.1 Å². The normalized spacial score (nSPS) is 25.9. The monoisotopic (exact) mass is 294 g/mol. The van der Waals surface area contributed by atoms with Gasteiger partial charge in [0.1, 0.15) is 0 Å². The van der Waals surface area contributed by atoms with Gasteiger partial charge in [0.25, 0.3) is 0 Å². The molecule has 0 amide bonds. The molecule has 0 heterocycles. The summed E-state index contributed by atoms with van der Waals surface area (Å²) in [6.45, 7) is 0. The highest BCUT2D eigenvalue weighted by atomic mass is 79.9. The van der Waals surface area contributed by atoms with Crippen molar-refractivity contribution in [2.24, 2.45) is 0 Å². The molecule has 0 N–H and O–H groups in total.